The SMILES string of the molecule is FC(F)c1c(CNC2CC2)cnn1Cc1ccccc1. The Morgan fingerprint density at radius 3 is 2.65 bits per heavy atom. The molecule has 1 aliphatic rings. The number of aromatic nitrogens is 2. The van der Waals surface area contributed by atoms with Crippen molar-refractivity contribution < 1.29 is 8.78 Å². The van der Waals surface area contributed by atoms with Crippen molar-refractivity contribution in [3.63, 3.8) is 0 Å². The molecule has 2 aromatic rings. The van der Waals surface area contributed by atoms with E-state index in [0.29, 0.717) is 24.7 Å². The Morgan fingerprint density at radius 2 is 2.00 bits per heavy atom. The Balaban J connectivity index is 1.78. The van der Waals surface area contributed by atoms with Gasteiger partial charge in [0.05, 0.1) is 12.7 Å². The van der Waals surface area contributed by atoms with E-state index in [1.165, 1.54) is 4.68 Å². The number of nitrogens with zero attached hydrogens (tertiary/aromatic N) is 2. The van der Waals surface area contributed by atoms with Crippen LogP contribution >= 0.6 is 0 Å². The molecule has 5 heteroatoms. The largest absolute Gasteiger partial charge is 0.310 e. The van der Waals surface area contributed by atoms with E-state index in [1.807, 2.05) is 30.3 Å². The lowest BCUT2D eigenvalue weighted by Crippen LogP contribution is -2.17. The third kappa shape index (κ3) is 3.04. The van der Waals surface area contributed by atoms with E-state index >= 15 is 0 Å². The fourth-order valence-corrected chi connectivity index (χ4v) is 2.25. The lowest BCUT2D eigenvalue weighted by Gasteiger charge is -2.09. The first kappa shape index (κ1) is 13.2. The maximum atomic E-state index is 13.3. The molecular formula is C15H17F2N3. The van der Waals surface area contributed by atoms with Gasteiger partial charge in [-0.05, 0) is 18.4 Å². The Labute approximate surface area is 116 Å². The van der Waals surface area contributed by atoms with Crippen molar-refractivity contribution in [3.8, 4) is 0 Å². The smallest absolute Gasteiger partial charge is 0.280 e. The summed E-state index contributed by atoms with van der Waals surface area (Å²) in [6.45, 7) is 0.850. The van der Waals surface area contributed by atoms with Crippen LogP contribution in [0.3, 0.4) is 0 Å². The van der Waals surface area contributed by atoms with Crippen LogP contribution in [0.1, 0.15) is 36.1 Å². The van der Waals surface area contributed by atoms with E-state index < -0.39 is 6.43 Å². The first-order valence-corrected chi connectivity index (χ1v) is 6.84. The molecule has 106 valence electrons. The highest BCUT2D eigenvalue weighted by Crippen LogP contribution is 2.25. The van der Waals surface area contributed by atoms with Gasteiger partial charge in [-0.1, -0.05) is 30.3 Å². The van der Waals surface area contributed by atoms with Crippen LogP contribution in [-0.2, 0) is 13.1 Å². The summed E-state index contributed by atoms with van der Waals surface area (Å²) in [4.78, 5) is 0. The minimum atomic E-state index is -2.50. The molecule has 0 aliphatic heterocycles. The summed E-state index contributed by atoms with van der Waals surface area (Å²) in [5, 5.41) is 7.39. The molecule has 1 aromatic carbocycles. The number of nitrogens with one attached hydrogen (secondary N) is 1. The van der Waals surface area contributed by atoms with Crippen molar-refractivity contribution in [2.45, 2.75) is 38.4 Å². The highest BCUT2D eigenvalue weighted by Gasteiger charge is 2.24. The van der Waals surface area contributed by atoms with E-state index in [0.717, 1.165) is 18.4 Å². The number of halogens is 2. The van der Waals surface area contributed by atoms with E-state index in [2.05, 4.69) is 10.4 Å². The maximum Gasteiger partial charge on any atom is 0.280 e. The predicted molar refractivity (Wildman–Crippen MR) is 72.6 cm³/mol. The minimum Gasteiger partial charge on any atom is -0.310 e. The van der Waals surface area contributed by atoms with Crippen molar-refractivity contribution >= 4 is 0 Å². The summed E-state index contributed by atoms with van der Waals surface area (Å²) in [5.41, 5.74) is 1.60. The fourth-order valence-electron chi connectivity index (χ4n) is 2.25. The van der Waals surface area contributed by atoms with Crippen molar-refractivity contribution in [2.75, 3.05) is 0 Å². The number of hydrogen-bond acceptors (Lipinski definition) is 2. The first-order valence-electron chi connectivity index (χ1n) is 6.84. The van der Waals surface area contributed by atoms with Crippen molar-refractivity contribution in [2.24, 2.45) is 0 Å². The normalized spacial score (nSPS) is 14.9. The molecule has 3 nitrogen and oxygen atoms in total. The fraction of sp³-hybridized carbons (Fsp3) is 0.400. The van der Waals surface area contributed by atoms with E-state index in [1.54, 1.807) is 6.20 Å². The molecule has 0 saturated heterocycles. The summed E-state index contributed by atoms with van der Waals surface area (Å²) in [7, 11) is 0. The van der Waals surface area contributed by atoms with Crippen molar-refractivity contribution in [1.29, 1.82) is 0 Å². The average Bonchev–Trinajstić information content (AvgIpc) is 3.18. The molecule has 20 heavy (non-hydrogen) atoms. The summed E-state index contributed by atoms with van der Waals surface area (Å²) in [6.07, 6.45) is 1.33. The van der Waals surface area contributed by atoms with Gasteiger partial charge in [0.25, 0.3) is 6.43 Å². The van der Waals surface area contributed by atoms with Gasteiger partial charge in [-0.25, -0.2) is 8.78 Å². The molecule has 1 heterocycles. The number of hydrogen-bond donors (Lipinski definition) is 1. The van der Waals surface area contributed by atoms with E-state index in [-0.39, 0.29) is 5.69 Å². The highest BCUT2D eigenvalue weighted by molar-refractivity contribution is 5.22. The van der Waals surface area contributed by atoms with E-state index in [4.69, 9.17) is 0 Å². The summed E-state index contributed by atoms with van der Waals surface area (Å²) < 4.78 is 28.0. The number of benzene rings is 1. The van der Waals surface area contributed by atoms with Gasteiger partial charge in [0.2, 0.25) is 0 Å². The summed E-state index contributed by atoms with van der Waals surface area (Å²) in [5.74, 6) is 0. The molecule has 0 radical (unpaired) electrons. The van der Waals surface area contributed by atoms with E-state index in [9.17, 15) is 8.78 Å². The van der Waals surface area contributed by atoms with Gasteiger partial charge in [0, 0.05) is 18.2 Å². The third-order valence-electron chi connectivity index (χ3n) is 3.50. The predicted octanol–water partition coefficient (Wildman–Crippen LogP) is 3.12. The first-order chi connectivity index (χ1) is 9.74. The van der Waals surface area contributed by atoms with Gasteiger partial charge in [0.1, 0.15) is 5.69 Å². The lowest BCUT2D eigenvalue weighted by molar-refractivity contribution is 0.138. The quantitative estimate of drug-likeness (QED) is 0.879. The average molecular weight is 277 g/mol. The second-order valence-electron chi connectivity index (χ2n) is 5.15. The van der Waals surface area contributed by atoms with Gasteiger partial charge >= 0.3 is 0 Å². The molecule has 1 saturated carbocycles. The Morgan fingerprint density at radius 1 is 1.25 bits per heavy atom. The highest BCUT2D eigenvalue weighted by atomic mass is 19.3. The molecule has 0 unspecified atom stereocenters. The molecule has 1 fully saturated rings. The van der Waals surface area contributed by atoms with Gasteiger partial charge < -0.3 is 5.32 Å². The Hall–Kier alpha value is -1.75. The second-order valence-corrected chi connectivity index (χ2v) is 5.15. The van der Waals surface area contributed by atoms with Gasteiger partial charge in [-0.3, -0.25) is 4.68 Å². The van der Waals surface area contributed by atoms with Crippen molar-refractivity contribution in [3.05, 3.63) is 53.3 Å². The number of alkyl halides is 2. The molecule has 1 aliphatic carbocycles. The zero-order chi connectivity index (χ0) is 13.9. The van der Waals surface area contributed by atoms with Crippen LogP contribution in [0.2, 0.25) is 0 Å². The Kier molecular flexibility index (Phi) is 3.78. The molecule has 0 amide bonds. The topological polar surface area (TPSA) is 29.9 Å². The summed E-state index contributed by atoms with van der Waals surface area (Å²) >= 11 is 0. The third-order valence-corrected chi connectivity index (χ3v) is 3.50. The molecule has 1 N–H and O–H groups in total. The maximum absolute atomic E-state index is 13.3. The lowest BCUT2D eigenvalue weighted by atomic mass is 10.2. The minimum absolute atomic E-state index is 0.0296. The van der Waals surface area contributed by atoms with Crippen LogP contribution in [0.5, 0.6) is 0 Å². The summed E-state index contributed by atoms with van der Waals surface area (Å²) in [6, 6.07) is 10.0. The molecule has 0 atom stereocenters. The van der Waals surface area contributed by atoms with Crippen LogP contribution < -0.4 is 5.32 Å². The van der Waals surface area contributed by atoms with Crippen LogP contribution in [0, 0.1) is 0 Å². The zero-order valence-electron chi connectivity index (χ0n) is 11.1. The van der Waals surface area contributed by atoms with Crippen LogP contribution in [0.4, 0.5) is 8.78 Å². The van der Waals surface area contributed by atoms with Gasteiger partial charge in [-0.2, -0.15) is 5.10 Å². The molecular weight excluding hydrogens is 260 g/mol. The molecule has 0 spiro atoms. The molecule has 3 rings (SSSR count). The monoisotopic (exact) mass is 277 g/mol. The van der Waals surface area contributed by atoms with Crippen molar-refractivity contribution in [1.82, 2.24) is 15.1 Å². The zero-order valence-corrected chi connectivity index (χ0v) is 11.1. The van der Waals surface area contributed by atoms with Crippen LogP contribution in [0.15, 0.2) is 36.5 Å². The standard InChI is InChI=1S/C15H17F2N3/c16-15(17)14-12(8-18-13-6-7-13)9-19-20(14)10-11-4-2-1-3-5-11/h1-5,9,13,15,18H,6-8,10H2. The molecule has 0 bridgehead atoms. The Bertz CT molecular complexity index is 562. The van der Waals surface area contributed by atoms with Crippen LogP contribution in [0.25, 0.3) is 0 Å². The van der Waals surface area contributed by atoms with Gasteiger partial charge in [0.15, 0.2) is 0 Å². The number of rotatable bonds is 6. The second kappa shape index (κ2) is 5.71. The van der Waals surface area contributed by atoms with Gasteiger partial charge in [-0.15, -0.1) is 0 Å². The molecule has 1 aromatic heterocycles. The van der Waals surface area contributed by atoms with Crippen LogP contribution in [-0.4, -0.2) is 15.8 Å².